The quantitative estimate of drug-likeness (QED) is 0.670. The summed E-state index contributed by atoms with van der Waals surface area (Å²) >= 11 is 5.89. The average Bonchev–Trinajstić information content (AvgIpc) is 2.51. The SMILES string of the molecule is COc1cc(Cl)cc(/C=N/NC(=O)c2cccnc2)c1O. The first-order chi connectivity index (χ1) is 10.1. The van der Waals surface area contributed by atoms with Crippen LogP contribution in [0.3, 0.4) is 0 Å². The molecule has 6 nitrogen and oxygen atoms in total. The van der Waals surface area contributed by atoms with Gasteiger partial charge in [-0.15, -0.1) is 0 Å². The molecular formula is C14H12ClN3O3. The molecule has 1 amide bonds. The van der Waals surface area contributed by atoms with Crippen LogP contribution in [0.15, 0.2) is 41.8 Å². The lowest BCUT2D eigenvalue weighted by atomic mass is 10.2. The molecule has 108 valence electrons. The van der Waals surface area contributed by atoms with E-state index in [9.17, 15) is 9.90 Å². The monoisotopic (exact) mass is 305 g/mol. The molecule has 0 saturated heterocycles. The summed E-state index contributed by atoms with van der Waals surface area (Å²) in [5.41, 5.74) is 3.03. The number of ether oxygens (including phenoxy) is 1. The van der Waals surface area contributed by atoms with E-state index in [1.54, 1.807) is 18.3 Å². The van der Waals surface area contributed by atoms with Crippen molar-refractivity contribution in [1.82, 2.24) is 10.4 Å². The number of hydrogen-bond donors (Lipinski definition) is 2. The van der Waals surface area contributed by atoms with Crippen LogP contribution in [0.4, 0.5) is 0 Å². The van der Waals surface area contributed by atoms with Gasteiger partial charge >= 0.3 is 0 Å². The molecule has 2 N–H and O–H groups in total. The predicted molar refractivity (Wildman–Crippen MR) is 79.0 cm³/mol. The molecule has 0 saturated carbocycles. The number of carbonyl (C=O) groups excluding carboxylic acids is 1. The van der Waals surface area contributed by atoms with Crippen LogP contribution in [-0.4, -0.2) is 29.3 Å². The molecule has 0 radical (unpaired) electrons. The van der Waals surface area contributed by atoms with Gasteiger partial charge in [0, 0.05) is 29.0 Å². The standard InChI is InChI=1S/C14H12ClN3O3/c1-21-12-6-11(15)5-10(13(12)19)8-17-18-14(20)9-3-2-4-16-7-9/h2-8,19H,1H3,(H,18,20)/b17-8+. The van der Waals surface area contributed by atoms with Gasteiger partial charge in [-0.2, -0.15) is 5.10 Å². The Kier molecular flexibility index (Phi) is 4.73. The van der Waals surface area contributed by atoms with Gasteiger partial charge in [0.1, 0.15) is 0 Å². The first-order valence-electron chi connectivity index (χ1n) is 5.91. The van der Waals surface area contributed by atoms with E-state index in [0.29, 0.717) is 16.1 Å². The van der Waals surface area contributed by atoms with Gasteiger partial charge in [-0.05, 0) is 18.2 Å². The van der Waals surface area contributed by atoms with Crippen LogP contribution in [0.25, 0.3) is 0 Å². The molecule has 0 fully saturated rings. The Hall–Kier alpha value is -2.60. The highest BCUT2D eigenvalue weighted by Gasteiger charge is 2.08. The average molecular weight is 306 g/mol. The second-order valence-electron chi connectivity index (χ2n) is 3.99. The fourth-order valence-corrected chi connectivity index (χ4v) is 1.79. The zero-order valence-corrected chi connectivity index (χ0v) is 11.8. The number of phenolic OH excluding ortho intramolecular Hbond substituents is 1. The van der Waals surface area contributed by atoms with Crippen molar-refractivity contribution >= 4 is 23.7 Å². The van der Waals surface area contributed by atoms with Gasteiger partial charge in [-0.3, -0.25) is 9.78 Å². The molecule has 0 aliphatic carbocycles. The van der Waals surface area contributed by atoms with Gasteiger partial charge in [0.25, 0.3) is 5.91 Å². The number of aromatic nitrogens is 1. The van der Waals surface area contributed by atoms with Crippen molar-refractivity contribution in [3.63, 3.8) is 0 Å². The van der Waals surface area contributed by atoms with Gasteiger partial charge in [0.2, 0.25) is 0 Å². The van der Waals surface area contributed by atoms with Gasteiger partial charge in [-0.25, -0.2) is 5.43 Å². The lowest BCUT2D eigenvalue weighted by Crippen LogP contribution is -2.17. The molecular weight excluding hydrogens is 294 g/mol. The highest BCUT2D eigenvalue weighted by molar-refractivity contribution is 6.31. The Bertz CT molecular complexity index is 675. The van der Waals surface area contributed by atoms with Gasteiger partial charge in [0.15, 0.2) is 11.5 Å². The molecule has 0 atom stereocenters. The van der Waals surface area contributed by atoms with E-state index in [2.05, 4.69) is 15.5 Å². The third-order valence-corrected chi connectivity index (χ3v) is 2.80. The molecule has 2 rings (SSSR count). The van der Waals surface area contributed by atoms with Crippen molar-refractivity contribution in [1.29, 1.82) is 0 Å². The molecule has 1 aromatic heterocycles. The zero-order chi connectivity index (χ0) is 15.2. The molecule has 0 spiro atoms. The maximum atomic E-state index is 11.7. The molecule has 0 bridgehead atoms. The van der Waals surface area contributed by atoms with E-state index >= 15 is 0 Å². The third kappa shape index (κ3) is 3.70. The van der Waals surface area contributed by atoms with Crippen LogP contribution < -0.4 is 10.2 Å². The van der Waals surface area contributed by atoms with Gasteiger partial charge in [0.05, 0.1) is 18.9 Å². The molecule has 0 unspecified atom stereocenters. The van der Waals surface area contributed by atoms with Crippen molar-refractivity contribution in [2.24, 2.45) is 5.10 Å². The molecule has 1 heterocycles. The number of halogens is 1. The minimum atomic E-state index is -0.409. The Morgan fingerprint density at radius 1 is 1.52 bits per heavy atom. The van der Waals surface area contributed by atoms with Crippen LogP contribution in [0.1, 0.15) is 15.9 Å². The number of aromatic hydroxyl groups is 1. The minimum absolute atomic E-state index is 0.110. The summed E-state index contributed by atoms with van der Waals surface area (Å²) in [6, 6.07) is 6.23. The van der Waals surface area contributed by atoms with Crippen LogP contribution in [0.5, 0.6) is 11.5 Å². The molecule has 7 heteroatoms. The van der Waals surface area contributed by atoms with Gasteiger partial charge < -0.3 is 9.84 Å². The lowest BCUT2D eigenvalue weighted by Gasteiger charge is -2.06. The van der Waals surface area contributed by atoms with Crippen LogP contribution in [0, 0.1) is 0 Å². The maximum Gasteiger partial charge on any atom is 0.272 e. The summed E-state index contributed by atoms with van der Waals surface area (Å²) in [6.45, 7) is 0. The normalized spacial score (nSPS) is 10.6. The summed E-state index contributed by atoms with van der Waals surface area (Å²) in [5, 5.41) is 14.0. The van der Waals surface area contributed by atoms with Crippen molar-refractivity contribution in [3.8, 4) is 11.5 Å². The fourth-order valence-electron chi connectivity index (χ4n) is 1.57. The number of nitrogens with one attached hydrogen (secondary N) is 1. The number of benzene rings is 1. The topological polar surface area (TPSA) is 83.8 Å². The van der Waals surface area contributed by atoms with E-state index in [1.807, 2.05) is 0 Å². The number of phenols is 1. The van der Waals surface area contributed by atoms with Crippen LogP contribution in [-0.2, 0) is 0 Å². The van der Waals surface area contributed by atoms with Crippen molar-refractivity contribution in [2.75, 3.05) is 7.11 Å². The highest BCUT2D eigenvalue weighted by atomic mass is 35.5. The second kappa shape index (κ2) is 6.71. The van der Waals surface area contributed by atoms with E-state index in [4.69, 9.17) is 16.3 Å². The molecule has 21 heavy (non-hydrogen) atoms. The number of amides is 1. The second-order valence-corrected chi connectivity index (χ2v) is 4.42. The van der Waals surface area contributed by atoms with Crippen molar-refractivity contribution in [3.05, 3.63) is 52.8 Å². The zero-order valence-electron chi connectivity index (χ0n) is 11.1. The summed E-state index contributed by atoms with van der Waals surface area (Å²) in [5.74, 6) is -0.295. The summed E-state index contributed by atoms with van der Waals surface area (Å²) in [6.07, 6.45) is 4.26. The highest BCUT2D eigenvalue weighted by Crippen LogP contribution is 2.32. The van der Waals surface area contributed by atoms with E-state index in [1.165, 1.54) is 31.7 Å². The Morgan fingerprint density at radius 3 is 3.00 bits per heavy atom. The summed E-state index contributed by atoms with van der Waals surface area (Å²) in [7, 11) is 1.41. The van der Waals surface area contributed by atoms with Crippen molar-refractivity contribution < 1.29 is 14.6 Å². The largest absolute Gasteiger partial charge is 0.504 e. The number of carbonyl (C=O) groups is 1. The Morgan fingerprint density at radius 2 is 2.33 bits per heavy atom. The van der Waals surface area contributed by atoms with E-state index in [-0.39, 0.29) is 11.5 Å². The third-order valence-electron chi connectivity index (χ3n) is 2.58. The smallest absolute Gasteiger partial charge is 0.272 e. The molecule has 2 aromatic rings. The molecule has 0 aliphatic rings. The summed E-state index contributed by atoms with van der Waals surface area (Å²) < 4.78 is 4.97. The first kappa shape index (κ1) is 14.8. The Balaban J connectivity index is 2.12. The Labute approximate surface area is 126 Å². The number of hydrogen-bond acceptors (Lipinski definition) is 5. The van der Waals surface area contributed by atoms with Crippen LogP contribution >= 0.6 is 11.6 Å². The van der Waals surface area contributed by atoms with E-state index in [0.717, 1.165) is 0 Å². The van der Waals surface area contributed by atoms with Crippen molar-refractivity contribution in [2.45, 2.75) is 0 Å². The maximum absolute atomic E-state index is 11.7. The number of methoxy groups -OCH3 is 1. The van der Waals surface area contributed by atoms with Crippen LogP contribution in [0.2, 0.25) is 5.02 Å². The minimum Gasteiger partial charge on any atom is -0.504 e. The first-order valence-corrected chi connectivity index (χ1v) is 6.29. The fraction of sp³-hybridized carbons (Fsp3) is 0.0714. The molecule has 1 aromatic carbocycles. The van der Waals surface area contributed by atoms with Gasteiger partial charge in [-0.1, -0.05) is 11.6 Å². The number of nitrogens with zero attached hydrogens (tertiary/aromatic N) is 2. The van der Waals surface area contributed by atoms with E-state index < -0.39 is 5.91 Å². The number of pyridine rings is 1. The number of hydrazone groups is 1. The summed E-state index contributed by atoms with van der Waals surface area (Å²) in [4.78, 5) is 15.6. The number of rotatable bonds is 4. The molecule has 0 aliphatic heterocycles. The predicted octanol–water partition coefficient (Wildman–Crippen LogP) is 2.21. The lowest BCUT2D eigenvalue weighted by molar-refractivity contribution is 0.0954.